The van der Waals surface area contributed by atoms with Crippen molar-refractivity contribution in [1.29, 1.82) is 0 Å². The Morgan fingerprint density at radius 2 is 1.82 bits per heavy atom. The molecule has 0 aliphatic rings. The zero-order chi connectivity index (χ0) is 23.2. The van der Waals surface area contributed by atoms with E-state index in [1.165, 1.54) is 27.8 Å². The molecule has 0 unspecified atom stereocenters. The van der Waals surface area contributed by atoms with E-state index in [4.69, 9.17) is 14.5 Å². The molecule has 0 N–H and O–H groups in total. The third-order valence-electron chi connectivity index (χ3n) is 5.92. The Bertz CT molecular complexity index is 1260. The molecule has 0 atom stereocenters. The number of allylic oxidation sites excluding steroid dienone is 1. The van der Waals surface area contributed by atoms with Crippen LogP contribution in [0.2, 0.25) is 0 Å². The summed E-state index contributed by atoms with van der Waals surface area (Å²) in [6.07, 6.45) is 4.64. The van der Waals surface area contributed by atoms with Gasteiger partial charge in [-0.15, -0.1) is 6.58 Å². The van der Waals surface area contributed by atoms with Gasteiger partial charge in [-0.25, -0.2) is 4.98 Å². The smallest absolute Gasteiger partial charge is 0.161 e. The van der Waals surface area contributed by atoms with Crippen LogP contribution >= 0.6 is 0 Å². The average Bonchev–Trinajstić information content (AvgIpc) is 3.18. The summed E-state index contributed by atoms with van der Waals surface area (Å²) in [7, 11) is 1.68. The molecule has 33 heavy (non-hydrogen) atoms. The van der Waals surface area contributed by atoms with Crippen LogP contribution in [0, 0.1) is 13.8 Å². The van der Waals surface area contributed by atoms with Gasteiger partial charge in [0.15, 0.2) is 11.5 Å². The van der Waals surface area contributed by atoms with E-state index in [2.05, 4.69) is 67.5 Å². The standard InChI is InChI=1S/C29H32N2O2/c1-5-10-23-14-16-27(28(20-23)32-4)33-18-9-8-17-31-26-12-7-6-11-25(26)30-29(31)24-15-13-21(2)19-22(24)3/h5-7,11-16,19-20H,1,8-10,17-18H2,2-4H3. The lowest BCUT2D eigenvalue weighted by molar-refractivity contribution is 0.284. The van der Waals surface area contributed by atoms with Gasteiger partial charge in [-0.2, -0.15) is 0 Å². The van der Waals surface area contributed by atoms with E-state index in [0.717, 1.165) is 48.6 Å². The maximum absolute atomic E-state index is 6.04. The normalized spacial score (nSPS) is 11.0. The predicted octanol–water partition coefficient (Wildman–Crippen LogP) is 6.92. The molecule has 1 aromatic heterocycles. The van der Waals surface area contributed by atoms with E-state index < -0.39 is 0 Å². The van der Waals surface area contributed by atoms with Crippen LogP contribution in [-0.4, -0.2) is 23.3 Å². The Morgan fingerprint density at radius 1 is 0.970 bits per heavy atom. The summed E-state index contributed by atoms with van der Waals surface area (Å²) in [6, 6.07) is 21.0. The van der Waals surface area contributed by atoms with Crippen LogP contribution in [0.5, 0.6) is 11.5 Å². The highest BCUT2D eigenvalue weighted by Crippen LogP contribution is 2.30. The van der Waals surface area contributed by atoms with Gasteiger partial charge in [-0.1, -0.05) is 48.0 Å². The molecule has 0 aliphatic heterocycles. The van der Waals surface area contributed by atoms with Crippen LogP contribution in [-0.2, 0) is 13.0 Å². The molecule has 0 radical (unpaired) electrons. The van der Waals surface area contributed by atoms with Crippen molar-refractivity contribution in [1.82, 2.24) is 9.55 Å². The number of ether oxygens (including phenoxy) is 2. The summed E-state index contributed by atoms with van der Waals surface area (Å²) in [5.41, 5.74) is 7.09. The minimum Gasteiger partial charge on any atom is -0.493 e. The molecule has 0 fully saturated rings. The first-order valence-corrected chi connectivity index (χ1v) is 11.5. The third kappa shape index (κ3) is 5.11. The molecule has 170 valence electrons. The first-order valence-electron chi connectivity index (χ1n) is 11.5. The number of para-hydroxylation sites is 2. The summed E-state index contributed by atoms with van der Waals surface area (Å²) >= 11 is 0. The predicted molar refractivity (Wildman–Crippen MR) is 136 cm³/mol. The van der Waals surface area contributed by atoms with E-state index in [9.17, 15) is 0 Å². The number of hydrogen-bond donors (Lipinski definition) is 0. The maximum Gasteiger partial charge on any atom is 0.161 e. The molecule has 0 spiro atoms. The second-order valence-corrected chi connectivity index (χ2v) is 8.43. The Morgan fingerprint density at radius 3 is 2.61 bits per heavy atom. The molecular formula is C29H32N2O2. The zero-order valence-corrected chi connectivity index (χ0v) is 19.8. The van der Waals surface area contributed by atoms with Crippen LogP contribution in [0.3, 0.4) is 0 Å². The van der Waals surface area contributed by atoms with Gasteiger partial charge in [-0.3, -0.25) is 0 Å². The maximum atomic E-state index is 6.04. The van der Waals surface area contributed by atoms with Crippen molar-refractivity contribution in [3.8, 4) is 22.9 Å². The Labute approximate surface area is 196 Å². The number of hydrogen-bond acceptors (Lipinski definition) is 3. The van der Waals surface area contributed by atoms with E-state index in [1.807, 2.05) is 24.3 Å². The summed E-state index contributed by atoms with van der Waals surface area (Å²) in [4.78, 5) is 4.97. The van der Waals surface area contributed by atoms with Crippen LogP contribution < -0.4 is 9.47 Å². The third-order valence-corrected chi connectivity index (χ3v) is 5.92. The SMILES string of the molecule is C=CCc1ccc(OCCCCn2c(-c3ccc(C)cc3C)nc3ccccc32)c(OC)c1. The Balaban J connectivity index is 1.45. The molecule has 4 rings (SSSR count). The fraction of sp³-hybridized carbons (Fsp3) is 0.276. The number of rotatable bonds is 10. The summed E-state index contributed by atoms with van der Waals surface area (Å²) in [5.74, 6) is 2.59. The number of unbranched alkanes of at least 4 members (excludes halogenated alkanes) is 1. The first kappa shape index (κ1) is 22.7. The minimum absolute atomic E-state index is 0.642. The molecule has 4 heteroatoms. The monoisotopic (exact) mass is 440 g/mol. The number of aromatic nitrogens is 2. The van der Waals surface area contributed by atoms with Gasteiger partial charge < -0.3 is 14.0 Å². The molecule has 1 heterocycles. The summed E-state index contributed by atoms with van der Waals surface area (Å²) in [6.45, 7) is 9.62. The first-order chi connectivity index (χ1) is 16.1. The second kappa shape index (κ2) is 10.4. The van der Waals surface area contributed by atoms with Crippen molar-refractivity contribution < 1.29 is 9.47 Å². The molecule has 0 saturated heterocycles. The topological polar surface area (TPSA) is 36.3 Å². The van der Waals surface area contributed by atoms with Crippen molar-refractivity contribution in [2.45, 2.75) is 39.7 Å². The quantitative estimate of drug-likeness (QED) is 0.198. The van der Waals surface area contributed by atoms with E-state index in [-0.39, 0.29) is 0 Å². The van der Waals surface area contributed by atoms with Crippen molar-refractivity contribution in [3.63, 3.8) is 0 Å². The van der Waals surface area contributed by atoms with Crippen molar-refractivity contribution in [3.05, 3.63) is 90.0 Å². The number of imidazole rings is 1. The lowest BCUT2D eigenvalue weighted by atomic mass is 10.1. The van der Waals surface area contributed by atoms with Gasteiger partial charge in [0, 0.05) is 12.1 Å². The minimum atomic E-state index is 0.642. The molecule has 0 bridgehead atoms. The molecular weight excluding hydrogens is 408 g/mol. The van der Waals surface area contributed by atoms with E-state index in [0.29, 0.717) is 6.61 Å². The highest BCUT2D eigenvalue weighted by molar-refractivity contribution is 5.81. The molecule has 0 aliphatic carbocycles. The van der Waals surface area contributed by atoms with Crippen molar-refractivity contribution in [2.24, 2.45) is 0 Å². The molecule has 4 nitrogen and oxygen atoms in total. The number of methoxy groups -OCH3 is 1. The Hall–Kier alpha value is -3.53. The highest BCUT2D eigenvalue weighted by Gasteiger charge is 2.14. The lowest BCUT2D eigenvalue weighted by Crippen LogP contribution is -2.05. The van der Waals surface area contributed by atoms with Crippen molar-refractivity contribution in [2.75, 3.05) is 13.7 Å². The number of nitrogens with zero attached hydrogens (tertiary/aromatic N) is 2. The number of benzene rings is 3. The summed E-state index contributed by atoms with van der Waals surface area (Å²) < 4.78 is 13.9. The van der Waals surface area contributed by atoms with Gasteiger partial charge >= 0.3 is 0 Å². The highest BCUT2D eigenvalue weighted by atomic mass is 16.5. The van der Waals surface area contributed by atoms with E-state index in [1.54, 1.807) is 7.11 Å². The molecule has 4 aromatic rings. The van der Waals surface area contributed by atoms with Crippen LogP contribution in [0.25, 0.3) is 22.4 Å². The fourth-order valence-electron chi connectivity index (χ4n) is 4.25. The Kier molecular flexibility index (Phi) is 7.13. The van der Waals surface area contributed by atoms with Crippen LogP contribution in [0.15, 0.2) is 73.3 Å². The number of fused-ring (bicyclic) bond motifs is 1. The van der Waals surface area contributed by atoms with Crippen LogP contribution in [0.4, 0.5) is 0 Å². The van der Waals surface area contributed by atoms with Crippen LogP contribution in [0.1, 0.15) is 29.5 Å². The molecule has 3 aromatic carbocycles. The second-order valence-electron chi connectivity index (χ2n) is 8.43. The molecule has 0 saturated carbocycles. The molecule has 0 amide bonds. The largest absolute Gasteiger partial charge is 0.493 e. The number of aryl methyl sites for hydroxylation is 3. The van der Waals surface area contributed by atoms with Gasteiger partial charge in [-0.05, 0) is 68.5 Å². The fourth-order valence-corrected chi connectivity index (χ4v) is 4.25. The van der Waals surface area contributed by atoms with Gasteiger partial charge in [0.05, 0.1) is 24.8 Å². The average molecular weight is 441 g/mol. The lowest BCUT2D eigenvalue weighted by Gasteiger charge is -2.13. The van der Waals surface area contributed by atoms with Crippen molar-refractivity contribution >= 4 is 11.0 Å². The zero-order valence-electron chi connectivity index (χ0n) is 19.8. The van der Waals surface area contributed by atoms with Gasteiger partial charge in [0.2, 0.25) is 0 Å². The van der Waals surface area contributed by atoms with E-state index >= 15 is 0 Å². The van der Waals surface area contributed by atoms with Gasteiger partial charge in [0.1, 0.15) is 5.82 Å². The van der Waals surface area contributed by atoms with Gasteiger partial charge in [0.25, 0.3) is 0 Å². The summed E-state index contributed by atoms with van der Waals surface area (Å²) in [5, 5.41) is 0.